The van der Waals surface area contributed by atoms with Gasteiger partial charge in [0.05, 0.1) is 29.2 Å². The minimum atomic E-state index is -5.01. The van der Waals surface area contributed by atoms with Crippen LogP contribution in [0.15, 0.2) is 47.4 Å². The molecule has 298 valence electrons. The van der Waals surface area contributed by atoms with Crippen LogP contribution in [-0.2, 0) is 19.6 Å². The van der Waals surface area contributed by atoms with Gasteiger partial charge in [-0.15, -0.1) is 0 Å². The Bertz CT molecular complexity index is 1210. The molecule has 9 heteroatoms. The Morgan fingerprint density at radius 2 is 0.868 bits per heavy atom. The second kappa shape index (κ2) is 36.2. The molecule has 1 rings (SSSR count). The van der Waals surface area contributed by atoms with Crippen LogP contribution in [-0.4, -0.2) is 38.1 Å². The fraction of sp³-hybridized carbons (Fsp3) is 0.727. The van der Waals surface area contributed by atoms with Gasteiger partial charge in [0.25, 0.3) is 0 Å². The van der Waals surface area contributed by atoms with Crippen molar-refractivity contribution in [1.82, 2.24) is 0 Å². The molecule has 0 aromatic heterocycles. The molecule has 0 aliphatic carbocycles. The molecule has 7 nitrogen and oxygen atoms in total. The van der Waals surface area contributed by atoms with Crippen LogP contribution in [0.4, 0.5) is 0 Å². The van der Waals surface area contributed by atoms with Gasteiger partial charge in [0.15, 0.2) is 0 Å². The van der Waals surface area contributed by atoms with E-state index >= 15 is 0 Å². The van der Waals surface area contributed by atoms with Gasteiger partial charge in [0, 0.05) is 0 Å². The van der Waals surface area contributed by atoms with E-state index in [0.717, 1.165) is 44.6 Å². The van der Waals surface area contributed by atoms with E-state index in [1.807, 2.05) is 0 Å². The van der Waals surface area contributed by atoms with E-state index in [4.69, 9.17) is 9.47 Å². The first kappa shape index (κ1) is 51.5. The van der Waals surface area contributed by atoms with E-state index in [1.54, 1.807) is 0 Å². The molecule has 0 atom stereocenters. The molecule has 0 fully saturated rings. The summed E-state index contributed by atoms with van der Waals surface area (Å²) in [6.45, 7) is 4.66. The molecule has 0 unspecified atom stereocenters. The fourth-order valence-electron chi connectivity index (χ4n) is 6.31. The summed E-state index contributed by atoms with van der Waals surface area (Å²) in [5.41, 5.74) is -0.780. The standard InChI is InChI=1S/C44H74O7S.Na/c1-3-5-7-9-11-13-15-17-19-21-23-25-27-29-31-33-38-50-43(45)40-36-35-37-41(52(47,48)49)42(40)44(46)51-39-34-32-30-28-26-24-22-20-18-16-14-12-10-8-6-4-2;/h7-10,35-37H,3-6,11-34,38-39H2,1-2H3,(H,47,48,49);/q;+1/p-1/b9-7+,10-8+;. The Labute approximate surface area is 347 Å². The predicted octanol–water partition coefficient (Wildman–Crippen LogP) is 9.98. The van der Waals surface area contributed by atoms with E-state index in [9.17, 15) is 22.6 Å². The van der Waals surface area contributed by atoms with E-state index in [0.29, 0.717) is 12.8 Å². The van der Waals surface area contributed by atoms with E-state index in [1.165, 1.54) is 141 Å². The van der Waals surface area contributed by atoms with Crippen molar-refractivity contribution in [2.24, 2.45) is 0 Å². The van der Waals surface area contributed by atoms with Crippen molar-refractivity contribution < 1.29 is 61.6 Å². The maximum absolute atomic E-state index is 13.0. The zero-order valence-corrected chi connectivity index (χ0v) is 36.8. The van der Waals surface area contributed by atoms with Crippen molar-refractivity contribution in [2.45, 2.75) is 199 Å². The third-order valence-corrected chi connectivity index (χ3v) is 10.3. The van der Waals surface area contributed by atoms with Gasteiger partial charge < -0.3 is 14.0 Å². The molecule has 0 amide bonds. The number of hydrogen-bond acceptors (Lipinski definition) is 7. The van der Waals surface area contributed by atoms with E-state index < -0.39 is 32.5 Å². The number of carbonyl (C=O) groups is 2. The van der Waals surface area contributed by atoms with Gasteiger partial charge >= 0.3 is 41.5 Å². The second-order valence-corrected chi connectivity index (χ2v) is 15.6. The SMILES string of the molecule is CCC/C=C/CCCCCCCCCCCCCOC(=O)c1cccc(S(=O)(=O)[O-])c1C(=O)OCCCCCCCCCCCCC/C=C/CCC.[Na+]. The number of benzene rings is 1. The number of unbranched alkanes of at least 4 members (excludes halogenated alkanes) is 24. The number of allylic oxidation sites excluding steroid dienone is 4. The average molecular weight is 769 g/mol. The van der Waals surface area contributed by atoms with E-state index in [-0.39, 0.29) is 48.3 Å². The zero-order chi connectivity index (χ0) is 38.0. The molecular weight excluding hydrogens is 696 g/mol. The number of hydrogen-bond donors (Lipinski definition) is 0. The Balaban J connectivity index is 0.0000270. The molecule has 0 spiro atoms. The third kappa shape index (κ3) is 28.6. The maximum Gasteiger partial charge on any atom is 1.00 e. The summed E-state index contributed by atoms with van der Waals surface area (Å²) < 4.78 is 46.7. The predicted molar refractivity (Wildman–Crippen MR) is 214 cm³/mol. The molecule has 0 saturated heterocycles. The molecule has 0 radical (unpaired) electrons. The summed E-state index contributed by atoms with van der Waals surface area (Å²) in [6, 6.07) is 3.62. The molecule has 1 aromatic carbocycles. The van der Waals surface area contributed by atoms with Crippen molar-refractivity contribution in [2.75, 3.05) is 13.2 Å². The first-order valence-corrected chi connectivity index (χ1v) is 22.5. The molecule has 0 aliphatic heterocycles. The van der Waals surface area contributed by atoms with Crippen molar-refractivity contribution in [1.29, 1.82) is 0 Å². The van der Waals surface area contributed by atoms with Gasteiger partial charge in [-0.05, 0) is 63.5 Å². The van der Waals surface area contributed by atoms with Gasteiger partial charge in [-0.2, -0.15) is 0 Å². The molecule has 0 heterocycles. The van der Waals surface area contributed by atoms with Crippen LogP contribution in [0.5, 0.6) is 0 Å². The number of ether oxygens (including phenoxy) is 2. The first-order chi connectivity index (χ1) is 25.3. The minimum Gasteiger partial charge on any atom is -0.744 e. The van der Waals surface area contributed by atoms with Gasteiger partial charge in [-0.1, -0.05) is 173 Å². The molecule has 0 aliphatic rings. The minimum absolute atomic E-state index is 0. The summed E-state index contributed by atoms with van der Waals surface area (Å²) in [5.74, 6) is -1.81. The largest absolute Gasteiger partial charge is 1.00 e. The maximum atomic E-state index is 13.0. The van der Waals surface area contributed by atoms with E-state index in [2.05, 4.69) is 38.2 Å². The van der Waals surface area contributed by atoms with Crippen molar-refractivity contribution in [3.05, 3.63) is 53.6 Å². The van der Waals surface area contributed by atoms with Crippen LogP contribution >= 0.6 is 0 Å². The number of carbonyl (C=O) groups excluding carboxylic acids is 2. The molecule has 53 heavy (non-hydrogen) atoms. The monoisotopic (exact) mass is 768 g/mol. The molecule has 0 bridgehead atoms. The second-order valence-electron chi connectivity index (χ2n) is 14.3. The topological polar surface area (TPSA) is 110 Å². The number of rotatable bonds is 35. The van der Waals surface area contributed by atoms with Gasteiger partial charge in [0.2, 0.25) is 0 Å². The summed E-state index contributed by atoms with van der Waals surface area (Å²) in [5, 5.41) is 0. The Kier molecular flexibility index (Phi) is 35.2. The molecule has 0 saturated carbocycles. The van der Waals surface area contributed by atoms with Crippen LogP contribution in [0, 0.1) is 0 Å². The summed E-state index contributed by atoms with van der Waals surface area (Å²) in [4.78, 5) is 25.1. The quantitative estimate of drug-likeness (QED) is 0.0222. The molecular formula is C44H73NaO7S. The van der Waals surface area contributed by atoms with Crippen LogP contribution < -0.4 is 29.6 Å². The third-order valence-electron chi connectivity index (χ3n) is 9.46. The van der Waals surface area contributed by atoms with Crippen molar-refractivity contribution >= 4 is 22.1 Å². The van der Waals surface area contributed by atoms with Gasteiger partial charge in [0.1, 0.15) is 10.1 Å². The van der Waals surface area contributed by atoms with Crippen LogP contribution in [0.2, 0.25) is 0 Å². The van der Waals surface area contributed by atoms with Crippen molar-refractivity contribution in [3.8, 4) is 0 Å². The van der Waals surface area contributed by atoms with Crippen LogP contribution in [0.3, 0.4) is 0 Å². The normalized spacial score (nSPS) is 11.7. The Morgan fingerprint density at radius 3 is 1.25 bits per heavy atom. The Hall–Kier alpha value is -1.45. The van der Waals surface area contributed by atoms with Gasteiger partial charge in [-0.3, -0.25) is 0 Å². The summed E-state index contributed by atoms with van der Waals surface area (Å²) in [6.07, 6.45) is 41.8. The molecule has 1 aromatic rings. The number of esters is 2. The molecule has 0 N–H and O–H groups in total. The van der Waals surface area contributed by atoms with Crippen molar-refractivity contribution in [3.63, 3.8) is 0 Å². The first-order valence-electron chi connectivity index (χ1n) is 21.1. The average Bonchev–Trinajstić information content (AvgIpc) is 3.13. The zero-order valence-electron chi connectivity index (χ0n) is 34.0. The van der Waals surface area contributed by atoms with Crippen LogP contribution in [0.1, 0.15) is 214 Å². The summed E-state index contributed by atoms with van der Waals surface area (Å²) in [7, 11) is -5.01. The smallest absolute Gasteiger partial charge is 0.744 e. The summed E-state index contributed by atoms with van der Waals surface area (Å²) >= 11 is 0. The Morgan fingerprint density at radius 1 is 0.528 bits per heavy atom. The fourth-order valence-corrected chi connectivity index (χ4v) is 7.00. The van der Waals surface area contributed by atoms with Gasteiger partial charge in [-0.25, -0.2) is 18.0 Å². The van der Waals surface area contributed by atoms with Crippen LogP contribution in [0.25, 0.3) is 0 Å².